The van der Waals surface area contributed by atoms with Gasteiger partial charge in [0.15, 0.2) is 5.82 Å². The number of nitrogens with zero attached hydrogens (tertiary/aromatic N) is 2. The molecule has 62 valence electrons. The molecule has 1 N–H and O–H groups in total. The highest BCUT2D eigenvalue weighted by Gasteiger charge is 2.01. The number of thiophene rings is 1. The second kappa shape index (κ2) is 2.84. The Balaban J connectivity index is 2.56. The van der Waals surface area contributed by atoms with Crippen molar-refractivity contribution in [2.75, 3.05) is 0 Å². The lowest BCUT2D eigenvalue weighted by molar-refractivity contribution is 0.756. The third-order valence-electron chi connectivity index (χ3n) is 1.56. The van der Waals surface area contributed by atoms with Crippen molar-refractivity contribution < 1.29 is 0 Å². The Bertz CT molecular complexity index is 424. The number of hydrogen-bond donors (Lipinski definition) is 1. The number of rotatable bonds is 1. The SMILES string of the molecule is Cn1[nH]c(-c2ccsc2)nc1=S. The molecule has 0 aliphatic carbocycles. The van der Waals surface area contributed by atoms with Gasteiger partial charge in [-0.05, 0) is 23.7 Å². The molecule has 0 spiro atoms. The second-order valence-electron chi connectivity index (χ2n) is 2.43. The average molecular weight is 197 g/mol. The fraction of sp³-hybridized carbons (Fsp3) is 0.143. The topological polar surface area (TPSA) is 33.6 Å². The van der Waals surface area contributed by atoms with Gasteiger partial charge in [-0.15, -0.1) is 0 Å². The van der Waals surface area contributed by atoms with Crippen molar-refractivity contribution in [2.45, 2.75) is 0 Å². The van der Waals surface area contributed by atoms with Gasteiger partial charge in [-0.2, -0.15) is 16.3 Å². The van der Waals surface area contributed by atoms with Crippen LogP contribution in [-0.2, 0) is 7.05 Å². The normalized spacial score (nSPS) is 10.4. The van der Waals surface area contributed by atoms with Crippen LogP contribution in [0.5, 0.6) is 0 Å². The van der Waals surface area contributed by atoms with Crippen LogP contribution in [0.25, 0.3) is 11.4 Å². The molecule has 2 aromatic rings. The Morgan fingerprint density at radius 3 is 3.00 bits per heavy atom. The van der Waals surface area contributed by atoms with Crippen molar-refractivity contribution in [3.05, 3.63) is 21.6 Å². The monoisotopic (exact) mass is 197 g/mol. The highest BCUT2D eigenvalue weighted by atomic mass is 32.1. The lowest BCUT2D eigenvalue weighted by Crippen LogP contribution is -1.88. The number of hydrogen-bond acceptors (Lipinski definition) is 3. The highest BCUT2D eigenvalue weighted by Crippen LogP contribution is 2.17. The van der Waals surface area contributed by atoms with Crippen LogP contribution in [0.15, 0.2) is 16.8 Å². The van der Waals surface area contributed by atoms with Crippen LogP contribution in [0, 0.1) is 4.77 Å². The molecule has 0 aliphatic rings. The first-order valence-corrected chi connectivity index (χ1v) is 4.78. The molecular formula is C7H7N3S2. The molecule has 0 saturated heterocycles. The van der Waals surface area contributed by atoms with Crippen molar-refractivity contribution in [2.24, 2.45) is 7.05 Å². The van der Waals surface area contributed by atoms with E-state index in [0.29, 0.717) is 4.77 Å². The van der Waals surface area contributed by atoms with Crippen LogP contribution in [0.1, 0.15) is 0 Å². The predicted molar refractivity (Wildman–Crippen MR) is 51.7 cm³/mol. The Hall–Kier alpha value is -0.940. The van der Waals surface area contributed by atoms with Gasteiger partial charge in [0.2, 0.25) is 4.77 Å². The molecule has 0 saturated carbocycles. The van der Waals surface area contributed by atoms with Crippen LogP contribution < -0.4 is 0 Å². The Morgan fingerprint density at radius 2 is 2.50 bits per heavy atom. The van der Waals surface area contributed by atoms with E-state index in [1.165, 1.54) is 0 Å². The second-order valence-corrected chi connectivity index (χ2v) is 3.57. The van der Waals surface area contributed by atoms with Crippen molar-refractivity contribution in [3.8, 4) is 11.4 Å². The molecule has 0 aromatic carbocycles. The van der Waals surface area contributed by atoms with Crippen molar-refractivity contribution >= 4 is 23.6 Å². The number of aryl methyl sites for hydroxylation is 1. The van der Waals surface area contributed by atoms with E-state index in [2.05, 4.69) is 10.1 Å². The molecule has 2 aromatic heterocycles. The molecular weight excluding hydrogens is 190 g/mol. The van der Waals surface area contributed by atoms with Crippen molar-refractivity contribution in [1.82, 2.24) is 14.8 Å². The minimum atomic E-state index is 0.580. The summed E-state index contributed by atoms with van der Waals surface area (Å²) >= 11 is 6.62. The summed E-state index contributed by atoms with van der Waals surface area (Å²) in [5.41, 5.74) is 1.09. The molecule has 2 rings (SSSR count). The molecule has 2 heterocycles. The van der Waals surface area contributed by atoms with E-state index in [4.69, 9.17) is 12.2 Å². The molecule has 0 fully saturated rings. The molecule has 3 nitrogen and oxygen atoms in total. The number of nitrogens with one attached hydrogen (secondary N) is 1. The predicted octanol–water partition coefficient (Wildman–Crippen LogP) is 2.21. The maximum absolute atomic E-state index is 4.97. The Labute approximate surface area is 78.7 Å². The van der Waals surface area contributed by atoms with Crippen LogP contribution in [0.3, 0.4) is 0 Å². The standard InChI is InChI=1S/C7H7N3S2/c1-10-7(11)8-6(9-10)5-2-3-12-4-5/h2-4H,1H3,(H,8,9,11). The zero-order chi connectivity index (χ0) is 8.55. The molecule has 0 unspecified atom stereocenters. The maximum Gasteiger partial charge on any atom is 0.216 e. The fourth-order valence-corrected chi connectivity index (χ4v) is 1.71. The summed E-state index contributed by atoms with van der Waals surface area (Å²) in [5.74, 6) is 0.837. The smallest absolute Gasteiger partial charge is 0.216 e. The largest absolute Gasteiger partial charge is 0.279 e. The van der Waals surface area contributed by atoms with E-state index in [1.807, 2.05) is 23.9 Å². The quantitative estimate of drug-likeness (QED) is 0.711. The van der Waals surface area contributed by atoms with Gasteiger partial charge in [0.05, 0.1) is 0 Å². The summed E-state index contributed by atoms with van der Waals surface area (Å²) in [4.78, 5) is 4.18. The van der Waals surface area contributed by atoms with Gasteiger partial charge >= 0.3 is 0 Å². The number of H-pyrrole nitrogens is 1. The van der Waals surface area contributed by atoms with Crippen molar-refractivity contribution in [1.29, 1.82) is 0 Å². The molecule has 0 atom stereocenters. The van der Waals surface area contributed by atoms with E-state index in [1.54, 1.807) is 16.0 Å². The van der Waals surface area contributed by atoms with Crippen molar-refractivity contribution in [3.63, 3.8) is 0 Å². The first kappa shape index (κ1) is 7.70. The average Bonchev–Trinajstić information content (AvgIpc) is 2.61. The maximum atomic E-state index is 4.97. The van der Waals surface area contributed by atoms with Gasteiger partial charge in [-0.3, -0.25) is 9.78 Å². The van der Waals surface area contributed by atoms with Gasteiger partial charge < -0.3 is 0 Å². The van der Waals surface area contributed by atoms with Crippen LogP contribution >= 0.6 is 23.6 Å². The van der Waals surface area contributed by atoms with E-state index < -0.39 is 0 Å². The molecule has 5 heteroatoms. The van der Waals surface area contributed by atoms with Gasteiger partial charge in [0.1, 0.15) is 0 Å². The van der Waals surface area contributed by atoms with Gasteiger partial charge in [0.25, 0.3) is 0 Å². The van der Waals surface area contributed by atoms with E-state index in [9.17, 15) is 0 Å². The molecule has 0 amide bonds. The first-order chi connectivity index (χ1) is 5.77. The summed E-state index contributed by atoms with van der Waals surface area (Å²) in [6.45, 7) is 0. The Morgan fingerprint density at radius 1 is 1.67 bits per heavy atom. The lowest BCUT2D eigenvalue weighted by Gasteiger charge is -1.88. The highest BCUT2D eigenvalue weighted by molar-refractivity contribution is 7.71. The molecule has 0 aliphatic heterocycles. The van der Waals surface area contributed by atoms with Crippen LogP contribution in [0.4, 0.5) is 0 Å². The molecule has 0 bridgehead atoms. The summed E-state index contributed by atoms with van der Waals surface area (Å²) in [6, 6.07) is 2.01. The fourth-order valence-electron chi connectivity index (χ4n) is 0.931. The summed E-state index contributed by atoms with van der Waals surface area (Å²) in [7, 11) is 1.85. The zero-order valence-electron chi connectivity index (χ0n) is 6.44. The van der Waals surface area contributed by atoms with Crippen LogP contribution in [0.2, 0.25) is 0 Å². The number of aromatic amines is 1. The summed E-state index contributed by atoms with van der Waals surface area (Å²) in [5, 5.41) is 7.10. The minimum Gasteiger partial charge on any atom is -0.279 e. The Kier molecular flexibility index (Phi) is 1.82. The summed E-state index contributed by atoms with van der Waals surface area (Å²) < 4.78 is 2.30. The first-order valence-electron chi connectivity index (χ1n) is 3.43. The van der Waals surface area contributed by atoms with Crippen LogP contribution in [-0.4, -0.2) is 14.8 Å². The van der Waals surface area contributed by atoms with Gasteiger partial charge in [-0.1, -0.05) is 0 Å². The minimum absolute atomic E-state index is 0.580. The molecule has 0 radical (unpaired) electrons. The number of aromatic nitrogens is 3. The van der Waals surface area contributed by atoms with Gasteiger partial charge in [-0.25, -0.2) is 0 Å². The van der Waals surface area contributed by atoms with E-state index in [0.717, 1.165) is 11.4 Å². The zero-order valence-corrected chi connectivity index (χ0v) is 8.08. The van der Waals surface area contributed by atoms with E-state index in [-0.39, 0.29) is 0 Å². The third-order valence-corrected chi connectivity index (χ3v) is 2.61. The summed E-state index contributed by atoms with van der Waals surface area (Å²) in [6.07, 6.45) is 0. The van der Waals surface area contributed by atoms with E-state index >= 15 is 0 Å². The third kappa shape index (κ3) is 1.21. The lowest BCUT2D eigenvalue weighted by atomic mass is 10.3. The van der Waals surface area contributed by atoms with Gasteiger partial charge in [0, 0.05) is 18.0 Å². The molecule has 12 heavy (non-hydrogen) atoms.